The number of rotatable bonds is 7. The molecule has 1 N–H and O–H groups in total. The lowest BCUT2D eigenvalue weighted by Gasteiger charge is -2.19. The quantitative estimate of drug-likeness (QED) is 0.525. The van der Waals surface area contributed by atoms with Gasteiger partial charge in [-0.25, -0.2) is 9.78 Å². The zero-order chi connectivity index (χ0) is 11.1. The fourth-order valence-electron chi connectivity index (χ4n) is 2.10. The predicted molar refractivity (Wildman–Crippen MR) is 59.4 cm³/mol. The van der Waals surface area contributed by atoms with Gasteiger partial charge in [-0.15, -0.1) is 0 Å². The van der Waals surface area contributed by atoms with Crippen LogP contribution in [0, 0.1) is 0 Å². The van der Waals surface area contributed by atoms with Gasteiger partial charge in [0.2, 0.25) is 0 Å². The summed E-state index contributed by atoms with van der Waals surface area (Å²) in [5, 5.41) is 8.81. The van der Waals surface area contributed by atoms with E-state index >= 15 is 0 Å². The SMILES string of the molecule is CCCCCCC1(C)CC(CCO)OO1. The van der Waals surface area contributed by atoms with Gasteiger partial charge in [0.05, 0.1) is 6.10 Å². The molecular weight excluding hydrogens is 192 g/mol. The van der Waals surface area contributed by atoms with Crippen molar-refractivity contribution in [3.8, 4) is 0 Å². The molecule has 2 unspecified atom stereocenters. The third kappa shape index (κ3) is 4.49. The fraction of sp³-hybridized carbons (Fsp3) is 1.00. The summed E-state index contributed by atoms with van der Waals surface area (Å²) in [7, 11) is 0. The lowest BCUT2D eigenvalue weighted by Crippen LogP contribution is -2.23. The van der Waals surface area contributed by atoms with Crippen LogP contribution < -0.4 is 0 Å². The Balaban J connectivity index is 2.17. The van der Waals surface area contributed by atoms with Crippen LogP contribution in [0.2, 0.25) is 0 Å². The summed E-state index contributed by atoms with van der Waals surface area (Å²) in [6.07, 6.45) is 7.81. The van der Waals surface area contributed by atoms with Crippen LogP contribution >= 0.6 is 0 Å². The van der Waals surface area contributed by atoms with E-state index in [1.807, 2.05) is 0 Å². The van der Waals surface area contributed by atoms with Gasteiger partial charge in [-0.1, -0.05) is 32.6 Å². The third-order valence-electron chi connectivity index (χ3n) is 3.06. The normalized spacial score (nSPS) is 31.0. The van der Waals surface area contributed by atoms with Gasteiger partial charge in [0.1, 0.15) is 5.60 Å². The molecule has 0 saturated carbocycles. The standard InChI is InChI=1S/C12H24O3/c1-3-4-5-6-8-12(2)10-11(7-9-13)14-15-12/h11,13H,3-10H2,1-2H3. The molecule has 0 amide bonds. The van der Waals surface area contributed by atoms with E-state index in [1.165, 1.54) is 25.7 Å². The maximum atomic E-state index is 8.81. The van der Waals surface area contributed by atoms with Crippen molar-refractivity contribution in [2.45, 2.75) is 70.5 Å². The Morgan fingerprint density at radius 2 is 2.13 bits per heavy atom. The molecule has 2 atom stereocenters. The highest BCUT2D eigenvalue weighted by Gasteiger charge is 2.37. The van der Waals surface area contributed by atoms with E-state index < -0.39 is 0 Å². The summed E-state index contributed by atoms with van der Waals surface area (Å²) < 4.78 is 0. The summed E-state index contributed by atoms with van der Waals surface area (Å²) in [4.78, 5) is 10.6. The molecule has 3 heteroatoms. The molecule has 90 valence electrons. The number of unbranched alkanes of at least 4 members (excludes halogenated alkanes) is 3. The van der Waals surface area contributed by atoms with Gasteiger partial charge in [0.25, 0.3) is 0 Å². The summed E-state index contributed by atoms with van der Waals surface area (Å²) in [5.74, 6) is 0. The highest BCUT2D eigenvalue weighted by atomic mass is 17.2. The molecular formula is C12H24O3. The Hall–Kier alpha value is -0.120. The van der Waals surface area contributed by atoms with Crippen LogP contribution in [-0.4, -0.2) is 23.4 Å². The van der Waals surface area contributed by atoms with Crippen molar-refractivity contribution in [3.05, 3.63) is 0 Å². The van der Waals surface area contributed by atoms with Crippen LogP contribution in [-0.2, 0) is 9.78 Å². The lowest BCUT2D eigenvalue weighted by molar-refractivity contribution is -0.324. The summed E-state index contributed by atoms with van der Waals surface area (Å²) in [5.41, 5.74) is -0.117. The van der Waals surface area contributed by atoms with E-state index in [-0.39, 0.29) is 18.3 Å². The van der Waals surface area contributed by atoms with Crippen LogP contribution in [0.4, 0.5) is 0 Å². The van der Waals surface area contributed by atoms with Gasteiger partial charge in [-0.05, 0) is 19.8 Å². The Morgan fingerprint density at radius 3 is 2.80 bits per heavy atom. The molecule has 15 heavy (non-hydrogen) atoms. The molecule has 0 spiro atoms. The van der Waals surface area contributed by atoms with Crippen molar-refractivity contribution in [1.82, 2.24) is 0 Å². The minimum Gasteiger partial charge on any atom is -0.396 e. The number of hydrogen-bond donors (Lipinski definition) is 1. The second kappa shape index (κ2) is 6.46. The first-order chi connectivity index (χ1) is 7.20. The zero-order valence-electron chi connectivity index (χ0n) is 10.00. The first kappa shape index (κ1) is 12.9. The van der Waals surface area contributed by atoms with Crippen molar-refractivity contribution in [2.75, 3.05) is 6.61 Å². The van der Waals surface area contributed by atoms with Crippen molar-refractivity contribution in [2.24, 2.45) is 0 Å². The minimum absolute atomic E-state index is 0.0891. The molecule has 0 aromatic carbocycles. The minimum atomic E-state index is -0.117. The molecule has 3 nitrogen and oxygen atoms in total. The van der Waals surface area contributed by atoms with Crippen molar-refractivity contribution in [3.63, 3.8) is 0 Å². The number of hydrogen-bond acceptors (Lipinski definition) is 3. The second-order valence-electron chi connectivity index (χ2n) is 4.78. The molecule has 1 aliphatic heterocycles. The van der Waals surface area contributed by atoms with Crippen molar-refractivity contribution in [1.29, 1.82) is 0 Å². The average Bonchev–Trinajstić information content (AvgIpc) is 2.57. The molecule has 0 aromatic rings. The summed E-state index contributed by atoms with van der Waals surface area (Å²) >= 11 is 0. The van der Waals surface area contributed by atoms with Gasteiger partial charge in [-0.3, -0.25) is 0 Å². The van der Waals surface area contributed by atoms with E-state index in [4.69, 9.17) is 14.9 Å². The fourth-order valence-corrected chi connectivity index (χ4v) is 2.10. The van der Waals surface area contributed by atoms with Crippen molar-refractivity contribution >= 4 is 0 Å². The van der Waals surface area contributed by atoms with E-state index in [0.29, 0.717) is 6.42 Å². The largest absolute Gasteiger partial charge is 0.396 e. The van der Waals surface area contributed by atoms with Crippen LogP contribution in [0.3, 0.4) is 0 Å². The highest BCUT2D eigenvalue weighted by Crippen LogP contribution is 2.33. The Labute approximate surface area is 92.7 Å². The first-order valence-corrected chi connectivity index (χ1v) is 6.15. The van der Waals surface area contributed by atoms with E-state index in [0.717, 1.165) is 12.8 Å². The molecule has 1 fully saturated rings. The van der Waals surface area contributed by atoms with Gasteiger partial charge >= 0.3 is 0 Å². The molecule has 0 aromatic heterocycles. The average molecular weight is 216 g/mol. The van der Waals surface area contributed by atoms with Gasteiger partial charge in [0, 0.05) is 13.0 Å². The van der Waals surface area contributed by atoms with Gasteiger partial charge < -0.3 is 5.11 Å². The molecule has 1 rings (SSSR count). The molecule has 0 aliphatic carbocycles. The number of aliphatic hydroxyl groups excluding tert-OH is 1. The van der Waals surface area contributed by atoms with Crippen LogP contribution in [0.25, 0.3) is 0 Å². The monoisotopic (exact) mass is 216 g/mol. The Kier molecular flexibility index (Phi) is 5.58. The summed E-state index contributed by atoms with van der Waals surface area (Å²) in [6.45, 7) is 4.50. The van der Waals surface area contributed by atoms with E-state index in [9.17, 15) is 0 Å². The molecule has 1 heterocycles. The topological polar surface area (TPSA) is 38.7 Å². The van der Waals surface area contributed by atoms with Gasteiger partial charge in [0.15, 0.2) is 0 Å². The van der Waals surface area contributed by atoms with Crippen molar-refractivity contribution < 1.29 is 14.9 Å². The zero-order valence-corrected chi connectivity index (χ0v) is 10.00. The molecule has 1 saturated heterocycles. The Bertz CT molecular complexity index is 172. The molecule has 1 aliphatic rings. The smallest absolute Gasteiger partial charge is 0.103 e. The van der Waals surface area contributed by atoms with Gasteiger partial charge in [-0.2, -0.15) is 0 Å². The second-order valence-corrected chi connectivity index (χ2v) is 4.78. The lowest BCUT2D eigenvalue weighted by atomic mass is 9.92. The van der Waals surface area contributed by atoms with E-state index in [2.05, 4.69) is 13.8 Å². The number of aliphatic hydroxyl groups is 1. The van der Waals surface area contributed by atoms with E-state index in [1.54, 1.807) is 0 Å². The maximum Gasteiger partial charge on any atom is 0.103 e. The van der Waals surface area contributed by atoms with Crippen LogP contribution in [0.15, 0.2) is 0 Å². The Morgan fingerprint density at radius 1 is 1.33 bits per heavy atom. The summed E-state index contributed by atoms with van der Waals surface area (Å²) in [6, 6.07) is 0. The molecule has 0 bridgehead atoms. The highest BCUT2D eigenvalue weighted by molar-refractivity contribution is 4.81. The van der Waals surface area contributed by atoms with Crippen LogP contribution in [0.5, 0.6) is 0 Å². The van der Waals surface area contributed by atoms with Crippen LogP contribution in [0.1, 0.15) is 58.8 Å². The maximum absolute atomic E-state index is 8.81. The predicted octanol–water partition coefficient (Wildman–Crippen LogP) is 2.82. The third-order valence-corrected chi connectivity index (χ3v) is 3.06. The first-order valence-electron chi connectivity index (χ1n) is 6.15. The molecule has 0 radical (unpaired) electrons.